The van der Waals surface area contributed by atoms with Crippen molar-refractivity contribution in [1.82, 2.24) is 19.3 Å². The van der Waals surface area contributed by atoms with Crippen LogP contribution >= 0.6 is 0 Å². The molecular weight excluding hydrogens is 499 g/mol. The van der Waals surface area contributed by atoms with E-state index in [1.165, 1.54) is 22.6 Å². The monoisotopic (exact) mass is 526 g/mol. The fraction of sp³-hybridized carbons (Fsp3) is 0.276. The summed E-state index contributed by atoms with van der Waals surface area (Å²) in [6.07, 6.45) is 4.58. The number of nitrogens with one attached hydrogen (secondary N) is 2. The van der Waals surface area contributed by atoms with Crippen molar-refractivity contribution in [3.63, 3.8) is 0 Å². The number of fused-ring (bicyclic) bond motifs is 5. The highest BCUT2D eigenvalue weighted by Gasteiger charge is 2.41. The third kappa shape index (κ3) is 3.51. The molecule has 1 aromatic carbocycles. The van der Waals surface area contributed by atoms with Crippen molar-refractivity contribution in [2.24, 2.45) is 5.92 Å². The lowest BCUT2D eigenvalue weighted by molar-refractivity contribution is 0.0694. The SMILES string of the molecule is CNc1cc(F)cc2c1[nH]c1ncc(-c3ccc4ccc(C(=O)O)c(=O)n4c3)c(N3C[C@H]4CCN(C)[C@H]4C3)c12. The standard InChI is InChI=1S/C29H27FN6O3/c1-31-22-10-17(30)9-20-24-26(35-12-16-7-8-34(2)23(16)14-35)21(11-32-27(24)33-25(20)22)15-3-4-18-5-6-19(29(38)39)28(37)36(18)13-15/h3-6,9-11,13,16,23,31H,7-8,12,14H2,1-2H3,(H,32,33)(H,38,39)/t16-,23+/m1/s1. The smallest absolute Gasteiger partial charge is 0.341 e. The van der Waals surface area contributed by atoms with Crippen LogP contribution in [0.1, 0.15) is 16.8 Å². The first-order valence-corrected chi connectivity index (χ1v) is 13.0. The second-order valence-corrected chi connectivity index (χ2v) is 10.6. The number of likely N-dealkylation sites (tertiary alicyclic amines) is 1. The number of pyridine rings is 3. The van der Waals surface area contributed by atoms with E-state index in [9.17, 15) is 19.1 Å². The predicted octanol–water partition coefficient (Wildman–Crippen LogP) is 4.02. The number of likely N-dealkylation sites (N-methyl/N-ethyl adjacent to an activating group) is 1. The van der Waals surface area contributed by atoms with Crippen LogP contribution in [0.2, 0.25) is 0 Å². The summed E-state index contributed by atoms with van der Waals surface area (Å²) in [6, 6.07) is 10.1. The number of benzene rings is 1. The molecule has 2 atom stereocenters. The summed E-state index contributed by atoms with van der Waals surface area (Å²) >= 11 is 0. The average Bonchev–Trinajstić information content (AvgIpc) is 3.61. The molecule has 0 spiro atoms. The zero-order valence-corrected chi connectivity index (χ0v) is 21.5. The minimum absolute atomic E-state index is 0.291. The van der Waals surface area contributed by atoms with Gasteiger partial charge in [0, 0.05) is 60.6 Å². The van der Waals surface area contributed by atoms with E-state index in [4.69, 9.17) is 4.98 Å². The summed E-state index contributed by atoms with van der Waals surface area (Å²) in [7, 11) is 3.92. The number of aromatic amines is 1. The van der Waals surface area contributed by atoms with Crippen LogP contribution in [0.3, 0.4) is 0 Å². The number of aromatic nitrogens is 3. The molecule has 10 heteroatoms. The van der Waals surface area contributed by atoms with Crippen molar-refractivity contribution in [3.8, 4) is 11.1 Å². The van der Waals surface area contributed by atoms with Gasteiger partial charge in [-0.3, -0.25) is 9.20 Å². The summed E-state index contributed by atoms with van der Waals surface area (Å²) in [6.45, 7) is 2.76. The third-order valence-corrected chi connectivity index (χ3v) is 8.47. The average molecular weight is 527 g/mol. The van der Waals surface area contributed by atoms with Crippen LogP contribution in [0.15, 0.2) is 53.6 Å². The van der Waals surface area contributed by atoms with Crippen molar-refractivity contribution in [3.05, 3.63) is 70.5 Å². The molecule has 7 rings (SSSR count). The lowest BCUT2D eigenvalue weighted by Crippen LogP contribution is -2.32. The highest BCUT2D eigenvalue weighted by atomic mass is 19.1. The van der Waals surface area contributed by atoms with Gasteiger partial charge in [0.2, 0.25) is 0 Å². The lowest BCUT2D eigenvalue weighted by atomic mass is 10.0. The molecule has 0 amide bonds. The van der Waals surface area contributed by atoms with Crippen LogP contribution in [-0.4, -0.2) is 70.1 Å². The van der Waals surface area contributed by atoms with Crippen molar-refractivity contribution in [2.45, 2.75) is 12.5 Å². The van der Waals surface area contributed by atoms with Crippen LogP contribution in [0.25, 0.3) is 38.6 Å². The lowest BCUT2D eigenvalue weighted by Gasteiger charge is -2.26. The second kappa shape index (κ2) is 8.54. The maximum atomic E-state index is 14.8. The van der Waals surface area contributed by atoms with Gasteiger partial charge >= 0.3 is 5.97 Å². The van der Waals surface area contributed by atoms with Gasteiger partial charge in [0.05, 0.1) is 22.3 Å². The van der Waals surface area contributed by atoms with Crippen LogP contribution in [0.4, 0.5) is 15.8 Å². The van der Waals surface area contributed by atoms with E-state index in [1.807, 2.05) is 6.07 Å². The molecular formula is C29H27FN6O3. The zero-order valence-electron chi connectivity index (χ0n) is 21.5. The van der Waals surface area contributed by atoms with Crippen molar-refractivity contribution < 1.29 is 14.3 Å². The molecule has 0 aliphatic carbocycles. The van der Waals surface area contributed by atoms with Crippen molar-refractivity contribution in [2.75, 3.05) is 43.9 Å². The Balaban J connectivity index is 1.52. The number of anilines is 2. The number of hydrogen-bond donors (Lipinski definition) is 3. The van der Waals surface area contributed by atoms with Crippen molar-refractivity contribution in [1.29, 1.82) is 0 Å². The molecule has 4 aromatic heterocycles. The van der Waals surface area contributed by atoms with E-state index in [0.29, 0.717) is 28.8 Å². The van der Waals surface area contributed by atoms with E-state index in [0.717, 1.165) is 59.2 Å². The fourth-order valence-corrected chi connectivity index (χ4v) is 6.52. The molecule has 0 radical (unpaired) electrons. The number of carboxylic acid groups (broad SMARTS) is 1. The highest BCUT2D eigenvalue weighted by molar-refractivity contribution is 6.17. The first kappa shape index (κ1) is 23.7. The molecule has 2 aliphatic rings. The number of rotatable bonds is 4. The quantitative estimate of drug-likeness (QED) is 0.325. The molecule has 6 heterocycles. The van der Waals surface area contributed by atoms with Crippen LogP contribution in [-0.2, 0) is 0 Å². The summed E-state index contributed by atoms with van der Waals surface area (Å²) in [5.41, 5.74) is 4.24. The van der Waals surface area contributed by atoms with E-state index in [2.05, 4.69) is 27.1 Å². The molecule has 39 heavy (non-hydrogen) atoms. The topological polar surface area (TPSA) is 106 Å². The molecule has 5 aromatic rings. The molecule has 3 N–H and O–H groups in total. The van der Waals surface area contributed by atoms with E-state index in [1.54, 1.807) is 31.6 Å². The Morgan fingerprint density at radius 3 is 2.79 bits per heavy atom. The third-order valence-electron chi connectivity index (χ3n) is 8.47. The zero-order chi connectivity index (χ0) is 27.0. The first-order valence-electron chi connectivity index (χ1n) is 13.0. The number of carbonyl (C=O) groups is 1. The molecule has 2 aliphatic heterocycles. The normalized spacial score (nSPS) is 19.4. The van der Waals surface area contributed by atoms with Gasteiger partial charge in [-0.2, -0.15) is 0 Å². The Kier molecular flexibility index (Phi) is 5.18. The number of nitrogens with zero attached hydrogens (tertiary/aromatic N) is 4. The maximum Gasteiger partial charge on any atom is 0.341 e. The predicted molar refractivity (Wildman–Crippen MR) is 149 cm³/mol. The first-order chi connectivity index (χ1) is 18.8. The maximum absolute atomic E-state index is 14.8. The van der Waals surface area contributed by atoms with Gasteiger partial charge in [-0.05, 0) is 56.3 Å². The van der Waals surface area contributed by atoms with Gasteiger partial charge in [0.15, 0.2) is 0 Å². The van der Waals surface area contributed by atoms with Gasteiger partial charge in [-0.25, -0.2) is 14.2 Å². The number of carboxylic acids is 1. The number of hydrogen-bond acceptors (Lipinski definition) is 6. The summed E-state index contributed by atoms with van der Waals surface area (Å²) < 4.78 is 16.2. The van der Waals surface area contributed by atoms with Crippen LogP contribution in [0, 0.1) is 11.7 Å². The van der Waals surface area contributed by atoms with Crippen LogP contribution in [0.5, 0.6) is 0 Å². The summed E-state index contributed by atoms with van der Waals surface area (Å²) in [4.78, 5) is 37.5. The number of halogens is 1. The highest BCUT2D eigenvalue weighted by Crippen LogP contribution is 2.45. The second-order valence-electron chi connectivity index (χ2n) is 10.6. The van der Waals surface area contributed by atoms with E-state index in [-0.39, 0.29) is 11.4 Å². The van der Waals surface area contributed by atoms with E-state index < -0.39 is 11.5 Å². The van der Waals surface area contributed by atoms with Crippen molar-refractivity contribution >= 4 is 44.8 Å². The van der Waals surface area contributed by atoms with Gasteiger partial charge < -0.3 is 25.2 Å². The molecule has 0 bridgehead atoms. The minimum atomic E-state index is -1.27. The number of aromatic carboxylic acids is 1. The molecule has 2 saturated heterocycles. The molecule has 198 valence electrons. The van der Waals surface area contributed by atoms with Gasteiger partial charge in [-0.15, -0.1) is 0 Å². The molecule has 0 saturated carbocycles. The Morgan fingerprint density at radius 1 is 1.21 bits per heavy atom. The van der Waals surface area contributed by atoms with Gasteiger partial charge in [0.1, 0.15) is 17.0 Å². The van der Waals surface area contributed by atoms with Gasteiger partial charge in [-0.1, -0.05) is 6.07 Å². The molecule has 9 nitrogen and oxygen atoms in total. The minimum Gasteiger partial charge on any atom is -0.477 e. The summed E-state index contributed by atoms with van der Waals surface area (Å²) in [5.74, 6) is -1.09. The van der Waals surface area contributed by atoms with Gasteiger partial charge in [0.25, 0.3) is 5.56 Å². The summed E-state index contributed by atoms with van der Waals surface area (Å²) in [5, 5.41) is 14.1. The Morgan fingerprint density at radius 2 is 2.03 bits per heavy atom. The molecule has 0 unspecified atom stereocenters. The largest absolute Gasteiger partial charge is 0.477 e. The molecule has 2 fully saturated rings. The fourth-order valence-electron chi connectivity index (χ4n) is 6.52. The number of H-pyrrole nitrogens is 1. The Labute approximate surface area is 222 Å². The Hall–Kier alpha value is -4.44. The Bertz CT molecular complexity index is 1880. The van der Waals surface area contributed by atoms with Crippen LogP contribution < -0.4 is 15.8 Å². The van der Waals surface area contributed by atoms with E-state index >= 15 is 0 Å².